The highest BCUT2D eigenvalue weighted by molar-refractivity contribution is 6.33. The second-order valence-electron chi connectivity index (χ2n) is 3.37. The van der Waals surface area contributed by atoms with E-state index in [4.69, 9.17) is 17.3 Å². The molecule has 0 saturated heterocycles. The third kappa shape index (κ3) is 2.23. The van der Waals surface area contributed by atoms with E-state index in [1.54, 1.807) is 30.6 Å². The Morgan fingerprint density at radius 2 is 2.31 bits per heavy atom. The van der Waals surface area contributed by atoms with Crippen LogP contribution in [-0.4, -0.2) is 15.8 Å². The lowest BCUT2D eigenvalue weighted by atomic mass is 10.1. The Hall–Kier alpha value is -1.81. The van der Waals surface area contributed by atoms with Gasteiger partial charge in [0.05, 0.1) is 17.1 Å². The number of hydrogen-bond acceptors (Lipinski definition) is 3. The Morgan fingerprint density at radius 1 is 1.50 bits per heavy atom. The number of imidazole rings is 1. The predicted octanol–water partition coefficient (Wildman–Crippen LogP) is 2.07. The monoisotopic (exact) mass is 235 g/mol. The Kier molecular flexibility index (Phi) is 2.92. The quantitative estimate of drug-likeness (QED) is 0.632. The van der Waals surface area contributed by atoms with Crippen LogP contribution in [0.5, 0.6) is 0 Å². The standard InChI is InChI=1S/C11H10ClN3O/c12-8-5-7(1-2-9(8)13)10(16)6-11-14-3-4-15-11/h1-5H,6,13H2,(H,14,15). The first-order chi connectivity index (χ1) is 7.66. The molecule has 0 radical (unpaired) electrons. The summed E-state index contributed by atoms with van der Waals surface area (Å²) < 4.78 is 0. The van der Waals surface area contributed by atoms with Crippen LogP contribution in [0.1, 0.15) is 16.2 Å². The normalized spacial score (nSPS) is 10.3. The molecule has 0 aliphatic carbocycles. The van der Waals surface area contributed by atoms with Gasteiger partial charge < -0.3 is 10.7 Å². The molecule has 0 aliphatic rings. The van der Waals surface area contributed by atoms with Crippen LogP contribution in [0.3, 0.4) is 0 Å². The highest BCUT2D eigenvalue weighted by Gasteiger charge is 2.09. The van der Waals surface area contributed by atoms with Crippen LogP contribution in [0.4, 0.5) is 5.69 Å². The molecule has 3 N–H and O–H groups in total. The van der Waals surface area contributed by atoms with Gasteiger partial charge in [-0.2, -0.15) is 0 Å². The van der Waals surface area contributed by atoms with Gasteiger partial charge in [0.15, 0.2) is 5.78 Å². The number of nitrogen functional groups attached to an aromatic ring is 1. The lowest BCUT2D eigenvalue weighted by Crippen LogP contribution is -2.05. The number of H-pyrrole nitrogens is 1. The minimum absolute atomic E-state index is 0.0446. The molecule has 1 heterocycles. The van der Waals surface area contributed by atoms with Gasteiger partial charge >= 0.3 is 0 Å². The van der Waals surface area contributed by atoms with Gasteiger partial charge in [-0.25, -0.2) is 4.98 Å². The maximum atomic E-state index is 11.8. The minimum Gasteiger partial charge on any atom is -0.398 e. The van der Waals surface area contributed by atoms with Crippen molar-refractivity contribution in [1.82, 2.24) is 9.97 Å². The van der Waals surface area contributed by atoms with Gasteiger partial charge in [-0.15, -0.1) is 0 Å². The van der Waals surface area contributed by atoms with Crippen LogP contribution in [0.25, 0.3) is 0 Å². The average molecular weight is 236 g/mol. The summed E-state index contributed by atoms with van der Waals surface area (Å²) in [4.78, 5) is 18.7. The number of benzene rings is 1. The summed E-state index contributed by atoms with van der Waals surface area (Å²) in [5, 5.41) is 0.394. The molecule has 0 aliphatic heterocycles. The Bertz CT molecular complexity index is 508. The molecule has 4 nitrogen and oxygen atoms in total. The van der Waals surface area contributed by atoms with E-state index in [0.29, 0.717) is 22.1 Å². The lowest BCUT2D eigenvalue weighted by Gasteiger charge is -2.02. The number of halogens is 1. The number of carbonyl (C=O) groups is 1. The van der Waals surface area contributed by atoms with Crippen LogP contribution in [-0.2, 0) is 6.42 Å². The maximum Gasteiger partial charge on any atom is 0.170 e. The van der Waals surface area contributed by atoms with E-state index in [2.05, 4.69) is 9.97 Å². The van der Waals surface area contributed by atoms with Crippen molar-refractivity contribution >= 4 is 23.1 Å². The molecular weight excluding hydrogens is 226 g/mol. The number of aromatic nitrogens is 2. The molecule has 16 heavy (non-hydrogen) atoms. The number of anilines is 1. The molecule has 82 valence electrons. The van der Waals surface area contributed by atoms with Crippen molar-refractivity contribution in [3.8, 4) is 0 Å². The third-order valence-electron chi connectivity index (χ3n) is 2.21. The molecule has 0 spiro atoms. The maximum absolute atomic E-state index is 11.8. The molecule has 0 unspecified atom stereocenters. The number of carbonyl (C=O) groups excluding carboxylic acids is 1. The zero-order valence-corrected chi connectivity index (χ0v) is 9.16. The first-order valence-electron chi connectivity index (χ1n) is 4.73. The zero-order chi connectivity index (χ0) is 11.5. The van der Waals surface area contributed by atoms with E-state index in [0.717, 1.165) is 0 Å². The topological polar surface area (TPSA) is 71.8 Å². The smallest absolute Gasteiger partial charge is 0.170 e. The van der Waals surface area contributed by atoms with Crippen molar-refractivity contribution in [2.24, 2.45) is 0 Å². The SMILES string of the molecule is Nc1ccc(C(=O)Cc2ncc[nH]2)cc1Cl. The van der Waals surface area contributed by atoms with E-state index < -0.39 is 0 Å². The number of nitrogens with zero attached hydrogens (tertiary/aromatic N) is 1. The number of Topliss-reactive ketones (excluding diaryl/α,β-unsaturated/α-hetero) is 1. The Morgan fingerprint density at radius 3 is 2.94 bits per heavy atom. The fraction of sp³-hybridized carbons (Fsp3) is 0.0909. The highest BCUT2D eigenvalue weighted by atomic mass is 35.5. The summed E-state index contributed by atoms with van der Waals surface area (Å²) in [6, 6.07) is 4.85. The summed E-state index contributed by atoms with van der Waals surface area (Å²) in [5.74, 6) is 0.592. The number of aromatic amines is 1. The van der Waals surface area contributed by atoms with Crippen LogP contribution in [0, 0.1) is 0 Å². The van der Waals surface area contributed by atoms with Crippen molar-refractivity contribution in [3.63, 3.8) is 0 Å². The molecule has 2 rings (SSSR count). The molecule has 0 saturated carbocycles. The number of ketones is 1. The van der Waals surface area contributed by atoms with E-state index >= 15 is 0 Å². The first kappa shape index (κ1) is 10.7. The number of nitrogens with one attached hydrogen (secondary N) is 1. The number of hydrogen-bond donors (Lipinski definition) is 2. The zero-order valence-electron chi connectivity index (χ0n) is 8.40. The molecule has 1 aromatic heterocycles. The van der Waals surface area contributed by atoms with Gasteiger partial charge in [-0.1, -0.05) is 11.6 Å². The minimum atomic E-state index is -0.0446. The van der Waals surface area contributed by atoms with Gasteiger partial charge in [0.25, 0.3) is 0 Å². The van der Waals surface area contributed by atoms with Gasteiger partial charge in [0.2, 0.25) is 0 Å². The summed E-state index contributed by atoms with van der Waals surface area (Å²) in [7, 11) is 0. The van der Waals surface area contributed by atoms with E-state index in [1.807, 2.05) is 0 Å². The van der Waals surface area contributed by atoms with Gasteiger partial charge in [0, 0.05) is 18.0 Å². The van der Waals surface area contributed by atoms with Crippen molar-refractivity contribution < 1.29 is 4.79 Å². The third-order valence-corrected chi connectivity index (χ3v) is 2.53. The summed E-state index contributed by atoms with van der Waals surface area (Å²) in [6.07, 6.45) is 3.52. The number of nitrogens with two attached hydrogens (primary N) is 1. The summed E-state index contributed by atoms with van der Waals surface area (Å²) in [6.45, 7) is 0. The molecule has 0 atom stereocenters. The number of rotatable bonds is 3. The van der Waals surface area contributed by atoms with E-state index in [-0.39, 0.29) is 12.2 Å². The van der Waals surface area contributed by atoms with E-state index in [1.165, 1.54) is 0 Å². The molecule has 1 aromatic carbocycles. The highest BCUT2D eigenvalue weighted by Crippen LogP contribution is 2.20. The second kappa shape index (κ2) is 4.37. The summed E-state index contributed by atoms with van der Waals surface area (Å²) in [5.41, 5.74) is 6.57. The fourth-order valence-electron chi connectivity index (χ4n) is 1.35. The molecule has 0 fully saturated rings. The van der Waals surface area contributed by atoms with Gasteiger partial charge in [-0.3, -0.25) is 4.79 Å². The van der Waals surface area contributed by atoms with Gasteiger partial charge in [0.1, 0.15) is 5.82 Å². The lowest BCUT2D eigenvalue weighted by molar-refractivity contribution is 0.0991. The van der Waals surface area contributed by atoms with Crippen molar-refractivity contribution in [3.05, 3.63) is 47.0 Å². The van der Waals surface area contributed by atoms with Crippen molar-refractivity contribution in [1.29, 1.82) is 0 Å². The molecule has 5 heteroatoms. The molecular formula is C11H10ClN3O. The van der Waals surface area contributed by atoms with Crippen molar-refractivity contribution in [2.45, 2.75) is 6.42 Å². The second-order valence-corrected chi connectivity index (χ2v) is 3.78. The molecule has 0 amide bonds. The Labute approximate surface area is 97.5 Å². The van der Waals surface area contributed by atoms with Crippen LogP contribution in [0.2, 0.25) is 5.02 Å². The van der Waals surface area contributed by atoms with E-state index in [9.17, 15) is 4.79 Å². The molecule has 0 bridgehead atoms. The first-order valence-corrected chi connectivity index (χ1v) is 5.11. The predicted molar refractivity (Wildman–Crippen MR) is 62.5 cm³/mol. The average Bonchev–Trinajstić information content (AvgIpc) is 2.74. The molecule has 2 aromatic rings. The summed E-state index contributed by atoms with van der Waals surface area (Å²) >= 11 is 5.84. The van der Waals surface area contributed by atoms with Crippen molar-refractivity contribution in [2.75, 3.05) is 5.73 Å². The Balaban J connectivity index is 2.18. The van der Waals surface area contributed by atoms with Crippen LogP contribution < -0.4 is 5.73 Å². The van der Waals surface area contributed by atoms with Crippen LogP contribution in [0.15, 0.2) is 30.6 Å². The largest absolute Gasteiger partial charge is 0.398 e. The fourth-order valence-corrected chi connectivity index (χ4v) is 1.53. The van der Waals surface area contributed by atoms with Gasteiger partial charge in [-0.05, 0) is 18.2 Å². The van der Waals surface area contributed by atoms with Crippen LogP contribution >= 0.6 is 11.6 Å².